The summed E-state index contributed by atoms with van der Waals surface area (Å²) in [5.74, 6) is 0.931. The Bertz CT molecular complexity index is 788. The van der Waals surface area contributed by atoms with Crippen molar-refractivity contribution >= 4 is 34.7 Å². The second-order valence-electron chi connectivity index (χ2n) is 6.12. The highest BCUT2D eigenvalue weighted by molar-refractivity contribution is 14.1. The Labute approximate surface area is 167 Å². The number of hydrogen-bond acceptors (Lipinski definition) is 4. The van der Waals surface area contributed by atoms with Gasteiger partial charge in [0.1, 0.15) is 11.5 Å². The SMILES string of the molecule is CCC(C)c1ccc(OCC(=O)NN=Cc2cc(I)cc(C)c2O)cc1. The van der Waals surface area contributed by atoms with Crippen molar-refractivity contribution in [3.8, 4) is 11.5 Å². The second kappa shape index (κ2) is 9.56. The summed E-state index contributed by atoms with van der Waals surface area (Å²) < 4.78 is 6.45. The number of aryl methyl sites for hydroxylation is 1. The second-order valence-corrected chi connectivity index (χ2v) is 7.37. The number of nitrogens with one attached hydrogen (secondary N) is 1. The van der Waals surface area contributed by atoms with Crippen LogP contribution in [0.2, 0.25) is 0 Å². The zero-order valence-corrected chi connectivity index (χ0v) is 17.3. The van der Waals surface area contributed by atoms with Gasteiger partial charge in [0.15, 0.2) is 6.61 Å². The quantitative estimate of drug-likeness (QED) is 0.362. The van der Waals surface area contributed by atoms with E-state index in [-0.39, 0.29) is 18.3 Å². The van der Waals surface area contributed by atoms with Crippen LogP contribution in [0.4, 0.5) is 0 Å². The first-order valence-electron chi connectivity index (χ1n) is 8.44. The average Bonchev–Trinajstić information content (AvgIpc) is 2.63. The molecule has 1 unspecified atom stereocenters. The Hall–Kier alpha value is -2.09. The molecule has 1 amide bonds. The number of amides is 1. The van der Waals surface area contributed by atoms with Gasteiger partial charge in [-0.25, -0.2) is 5.43 Å². The summed E-state index contributed by atoms with van der Waals surface area (Å²) in [7, 11) is 0. The molecule has 0 aliphatic heterocycles. The summed E-state index contributed by atoms with van der Waals surface area (Å²) in [5, 5.41) is 13.9. The lowest BCUT2D eigenvalue weighted by Gasteiger charge is -2.10. The molecule has 0 aromatic heterocycles. The van der Waals surface area contributed by atoms with E-state index < -0.39 is 0 Å². The molecule has 5 nitrogen and oxygen atoms in total. The van der Waals surface area contributed by atoms with Gasteiger partial charge in [0.25, 0.3) is 5.91 Å². The van der Waals surface area contributed by atoms with Gasteiger partial charge in [-0.15, -0.1) is 0 Å². The number of hydrazone groups is 1. The van der Waals surface area contributed by atoms with Crippen LogP contribution in [0.5, 0.6) is 11.5 Å². The highest BCUT2D eigenvalue weighted by Crippen LogP contribution is 2.23. The lowest BCUT2D eigenvalue weighted by molar-refractivity contribution is -0.123. The lowest BCUT2D eigenvalue weighted by atomic mass is 9.99. The predicted octanol–water partition coefficient (Wildman–Crippen LogP) is 4.35. The molecule has 2 aromatic rings. The molecule has 0 bridgehead atoms. The molecule has 0 aliphatic carbocycles. The Morgan fingerprint density at radius 2 is 2.04 bits per heavy atom. The van der Waals surface area contributed by atoms with E-state index in [0.717, 1.165) is 15.6 Å². The van der Waals surface area contributed by atoms with Crippen molar-refractivity contribution in [3.05, 3.63) is 56.7 Å². The van der Waals surface area contributed by atoms with E-state index in [1.54, 1.807) is 6.07 Å². The number of aromatic hydroxyl groups is 1. The third-order valence-corrected chi connectivity index (χ3v) is 4.74. The largest absolute Gasteiger partial charge is 0.507 e. The van der Waals surface area contributed by atoms with Crippen molar-refractivity contribution in [2.75, 3.05) is 6.61 Å². The maximum atomic E-state index is 11.8. The van der Waals surface area contributed by atoms with Gasteiger partial charge in [-0.2, -0.15) is 5.10 Å². The number of carbonyl (C=O) groups excluding carboxylic acids is 1. The summed E-state index contributed by atoms with van der Waals surface area (Å²) in [4.78, 5) is 11.8. The van der Waals surface area contributed by atoms with Crippen molar-refractivity contribution in [2.24, 2.45) is 5.10 Å². The zero-order chi connectivity index (χ0) is 19.1. The minimum atomic E-state index is -0.367. The highest BCUT2D eigenvalue weighted by Gasteiger charge is 2.06. The molecule has 0 radical (unpaired) electrons. The van der Waals surface area contributed by atoms with Gasteiger partial charge in [0.05, 0.1) is 6.21 Å². The Kier molecular flexibility index (Phi) is 7.44. The first-order valence-corrected chi connectivity index (χ1v) is 9.52. The molecular formula is C20H23IN2O3. The zero-order valence-electron chi connectivity index (χ0n) is 15.1. The third-order valence-electron chi connectivity index (χ3n) is 4.12. The topological polar surface area (TPSA) is 70.9 Å². The van der Waals surface area contributed by atoms with Crippen LogP contribution in [0.25, 0.3) is 0 Å². The molecule has 0 spiro atoms. The number of benzene rings is 2. The van der Waals surface area contributed by atoms with Crippen LogP contribution in [-0.2, 0) is 4.79 Å². The van der Waals surface area contributed by atoms with Crippen molar-refractivity contribution in [1.29, 1.82) is 0 Å². The molecule has 0 saturated heterocycles. The summed E-state index contributed by atoms with van der Waals surface area (Å²) in [6.45, 7) is 6.01. The van der Waals surface area contributed by atoms with Gasteiger partial charge in [-0.1, -0.05) is 26.0 Å². The van der Waals surface area contributed by atoms with E-state index in [2.05, 4.69) is 47.0 Å². The smallest absolute Gasteiger partial charge is 0.277 e. The number of ether oxygens (including phenoxy) is 1. The van der Waals surface area contributed by atoms with Crippen LogP contribution in [-0.4, -0.2) is 23.8 Å². The van der Waals surface area contributed by atoms with E-state index in [0.29, 0.717) is 17.2 Å². The third kappa shape index (κ3) is 5.72. The molecule has 2 N–H and O–H groups in total. The number of phenolic OH excluding ortho intramolecular Hbond substituents is 1. The fourth-order valence-electron chi connectivity index (χ4n) is 2.34. The highest BCUT2D eigenvalue weighted by atomic mass is 127. The number of nitrogens with zero attached hydrogens (tertiary/aromatic N) is 1. The summed E-state index contributed by atoms with van der Waals surface area (Å²) in [6, 6.07) is 11.4. The van der Waals surface area contributed by atoms with Crippen LogP contribution >= 0.6 is 22.6 Å². The van der Waals surface area contributed by atoms with Crippen LogP contribution in [0.1, 0.15) is 42.9 Å². The molecule has 2 rings (SSSR count). The molecule has 1 atom stereocenters. The van der Waals surface area contributed by atoms with E-state index in [1.165, 1.54) is 11.8 Å². The van der Waals surface area contributed by atoms with Gasteiger partial charge in [0, 0.05) is 9.13 Å². The molecule has 138 valence electrons. The fourth-order valence-corrected chi connectivity index (χ4v) is 3.15. The van der Waals surface area contributed by atoms with Crippen LogP contribution in [0, 0.1) is 10.5 Å². The predicted molar refractivity (Wildman–Crippen MR) is 112 cm³/mol. The monoisotopic (exact) mass is 466 g/mol. The van der Waals surface area contributed by atoms with E-state index in [1.807, 2.05) is 37.3 Å². The molecule has 0 heterocycles. The van der Waals surface area contributed by atoms with E-state index in [9.17, 15) is 9.90 Å². The standard InChI is InChI=1S/C20H23IN2O3/c1-4-13(2)15-5-7-18(8-6-15)26-12-19(24)23-22-11-16-10-17(21)9-14(3)20(16)25/h5-11,13,25H,4,12H2,1-3H3,(H,23,24). The molecule has 0 fully saturated rings. The number of rotatable bonds is 7. The molecule has 2 aromatic carbocycles. The molecule has 0 saturated carbocycles. The number of hydrogen-bond donors (Lipinski definition) is 2. The number of halogens is 1. The molecular weight excluding hydrogens is 443 g/mol. The Morgan fingerprint density at radius 1 is 1.35 bits per heavy atom. The number of carbonyl (C=O) groups is 1. The summed E-state index contributed by atoms with van der Waals surface area (Å²) in [5.41, 5.74) is 4.96. The van der Waals surface area contributed by atoms with Crippen molar-refractivity contribution in [1.82, 2.24) is 5.43 Å². The van der Waals surface area contributed by atoms with Gasteiger partial charge in [-0.05, 0) is 77.2 Å². The Balaban J connectivity index is 1.86. The first-order chi connectivity index (χ1) is 12.4. The van der Waals surface area contributed by atoms with Gasteiger partial charge >= 0.3 is 0 Å². The fraction of sp³-hybridized carbons (Fsp3) is 0.300. The van der Waals surface area contributed by atoms with Crippen LogP contribution < -0.4 is 10.2 Å². The van der Waals surface area contributed by atoms with Crippen molar-refractivity contribution in [3.63, 3.8) is 0 Å². The minimum Gasteiger partial charge on any atom is -0.507 e. The lowest BCUT2D eigenvalue weighted by Crippen LogP contribution is -2.24. The van der Waals surface area contributed by atoms with Crippen LogP contribution in [0.3, 0.4) is 0 Å². The Morgan fingerprint density at radius 3 is 2.69 bits per heavy atom. The van der Waals surface area contributed by atoms with Gasteiger partial charge < -0.3 is 9.84 Å². The molecule has 0 aliphatic rings. The average molecular weight is 466 g/mol. The maximum absolute atomic E-state index is 11.8. The minimum absolute atomic E-state index is 0.128. The van der Waals surface area contributed by atoms with E-state index >= 15 is 0 Å². The van der Waals surface area contributed by atoms with Gasteiger partial charge in [0.2, 0.25) is 0 Å². The first kappa shape index (κ1) is 20.2. The van der Waals surface area contributed by atoms with Crippen molar-refractivity contribution in [2.45, 2.75) is 33.1 Å². The molecule has 6 heteroatoms. The van der Waals surface area contributed by atoms with Gasteiger partial charge in [-0.3, -0.25) is 4.79 Å². The maximum Gasteiger partial charge on any atom is 0.277 e. The normalized spacial score (nSPS) is 12.2. The van der Waals surface area contributed by atoms with E-state index in [4.69, 9.17) is 4.74 Å². The molecule has 26 heavy (non-hydrogen) atoms. The van der Waals surface area contributed by atoms with Crippen molar-refractivity contribution < 1.29 is 14.6 Å². The van der Waals surface area contributed by atoms with Crippen LogP contribution in [0.15, 0.2) is 41.5 Å². The summed E-state index contributed by atoms with van der Waals surface area (Å²) >= 11 is 2.16. The summed E-state index contributed by atoms with van der Waals surface area (Å²) in [6.07, 6.45) is 2.50. The number of phenols is 1.